The molecule has 1 N–H and O–H groups in total. The zero-order valence-electron chi connectivity index (χ0n) is 13.2. The number of unbranched alkanes of at least 4 members (excludes halogenated alkanes) is 1. The molecule has 0 saturated heterocycles. The summed E-state index contributed by atoms with van der Waals surface area (Å²) in [5, 5.41) is 3.84. The molecular weight excluding hydrogens is 307 g/mol. The Bertz CT molecular complexity index is 491. The molecule has 0 bridgehead atoms. The van der Waals surface area contributed by atoms with Crippen molar-refractivity contribution in [1.29, 1.82) is 0 Å². The van der Waals surface area contributed by atoms with Crippen molar-refractivity contribution < 1.29 is 4.79 Å². The lowest BCUT2D eigenvalue weighted by Crippen LogP contribution is -2.50. The van der Waals surface area contributed by atoms with E-state index in [4.69, 9.17) is 23.2 Å². The molecule has 0 spiro atoms. The number of hydrogen-bond donors (Lipinski definition) is 1. The number of amides is 1. The molecule has 0 aliphatic carbocycles. The minimum atomic E-state index is -0.127. The van der Waals surface area contributed by atoms with Gasteiger partial charge in [0.1, 0.15) is 0 Å². The van der Waals surface area contributed by atoms with Crippen LogP contribution in [0.4, 0.5) is 0 Å². The smallest absolute Gasteiger partial charge is 0.251 e. The van der Waals surface area contributed by atoms with Crippen molar-refractivity contribution in [3.63, 3.8) is 0 Å². The van der Waals surface area contributed by atoms with E-state index in [0.29, 0.717) is 22.2 Å². The van der Waals surface area contributed by atoms with E-state index in [0.717, 1.165) is 19.3 Å². The van der Waals surface area contributed by atoms with Crippen molar-refractivity contribution in [2.75, 3.05) is 20.6 Å². The molecule has 0 radical (unpaired) electrons. The number of rotatable bonds is 7. The largest absolute Gasteiger partial charge is 0.350 e. The van der Waals surface area contributed by atoms with Gasteiger partial charge in [-0.25, -0.2) is 0 Å². The van der Waals surface area contributed by atoms with Crippen LogP contribution in [0.5, 0.6) is 0 Å². The molecule has 1 rings (SSSR count). The average molecular weight is 331 g/mol. The van der Waals surface area contributed by atoms with E-state index in [1.54, 1.807) is 18.2 Å². The summed E-state index contributed by atoms with van der Waals surface area (Å²) >= 11 is 11.8. The van der Waals surface area contributed by atoms with Crippen LogP contribution in [-0.4, -0.2) is 37.0 Å². The van der Waals surface area contributed by atoms with E-state index in [2.05, 4.69) is 24.1 Å². The fourth-order valence-electron chi connectivity index (χ4n) is 2.04. The average Bonchev–Trinajstić information content (AvgIpc) is 2.45. The fraction of sp³-hybridized carbons (Fsp3) is 0.562. The molecule has 0 aromatic heterocycles. The van der Waals surface area contributed by atoms with Gasteiger partial charge in [0.2, 0.25) is 0 Å². The molecular formula is C16H24Cl2N2O. The van der Waals surface area contributed by atoms with E-state index in [1.165, 1.54) is 0 Å². The van der Waals surface area contributed by atoms with E-state index >= 15 is 0 Å². The summed E-state index contributed by atoms with van der Waals surface area (Å²) in [5.74, 6) is -0.127. The van der Waals surface area contributed by atoms with Gasteiger partial charge in [-0.2, -0.15) is 0 Å². The van der Waals surface area contributed by atoms with Crippen LogP contribution in [0, 0.1) is 0 Å². The highest BCUT2D eigenvalue weighted by atomic mass is 35.5. The minimum Gasteiger partial charge on any atom is -0.350 e. The maximum absolute atomic E-state index is 12.2. The monoisotopic (exact) mass is 330 g/mol. The molecule has 0 saturated carbocycles. The molecule has 1 aromatic carbocycles. The fourth-order valence-corrected chi connectivity index (χ4v) is 2.34. The second-order valence-corrected chi connectivity index (χ2v) is 6.62. The molecule has 0 aliphatic rings. The standard InChI is InChI=1S/C16H24Cl2N2O/c1-5-6-9-16(2,20(3)4)11-19-15(21)12-7-8-13(17)14(18)10-12/h7-8,10H,5-6,9,11H2,1-4H3,(H,19,21). The second-order valence-electron chi connectivity index (χ2n) is 5.81. The molecule has 0 aliphatic heterocycles. The molecule has 1 aromatic rings. The highest BCUT2D eigenvalue weighted by molar-refractivity contribution is 6.42. The van der Waals surface area contributed by atoms with Gasteiger partial charge in [0, 0.05) is 17.6 Å². The predicted molar refractivity (Wildman–Crippen MR) is 90.4 cm³/mol. The molecule has 1 atom stereocenters. The van der Waals surface area contributed by atoms with Gasteiger partial charge < -0.3 is 10.2 Å². The Labute approximate surface area is 137 Å². The molecule has 1 unspecified atom stereocenters. The van der Waals surface area contributed by atoms with Gasteiger partial charge in [0.05, 0.1) is 10.0 Å². The first-order valence-electron chi connectivity index (χ1n) is 7.21. The number of likely N-dealkylation sites (N-methyl/N-ethyl adjacent to an activating group) is 1. The summed E-state index contributed by atoms with van der Waals surface area (Å²) in [6.45, 7) is 4.93. The summed E-state index contributed by atoms with van der Waals surface area (Å²) in [6.07, 6.45) is 3.32. The van der Waals surface area contributed by atoms with Gasteiger partial charge in [0.15, 0.2) is 0 Å². The third-order valence-corrected chi connectivity index (χ3v) is 4.70. The second kappa shape index (κ2) is 8.02. The first kappa shape index (κ1) is 18.3. The van der Waals surface area contributed by atoms with Crippen molar-refractivity contribution in [3.8, 4) is 0 Å². The maximum Gasteiger partial charge on any atom is 0.251 e. The highest BCUT2D eigenvalue weighted by Crippen LogP contribution is 2.23. The zero-order valence-corrected chi connectivity index (χ0v) is 14.7. The van der Waals surface area contributed by atoms with E-state index in [9.17, 15) is 4.79 Å². The molecule has 3 nitrogen and oxygen atoms in total. The number of carbonyl (C=O) groups is 1. The van der Waals surface area contributed by atoms with Crippen LogP contribution in [0.1, 0.15) is 43.5 Å². The van der Waals surface area contributed by atoms with Crippen molar-refractivity contribution in [1.82, 2.24) is 10.2 Å². The van der Waals surface area contributed by atoms with Crippen LogP contribution < -0.4 is 5.32 Å². The third kappa shape index (κ3) is 5.17. The van der Waals surface area contributed by atoms with Crippen LogP contribution in [0.2, 0.25) is 10.0 Å². The molecule has 0 heterocycles. The van der Waals surface area contributed by atoms with Crippen LogP contribution in [0.3, 0.4) is 0 Å². The number of hydrogen-bond acceptors (Lipinski definition) is 2. The molecule has 5 heteroatoms. The summed E-state index contributed by atoms with van der Waals surface area (Å²) in [7, 11) is 4.09. The van der Waals surface area contributed by atoms with Gasteiger partial charge in [-0.1, -0.05) is 43.0 Å². The number of carbonyl (C=O) groups excluding carboxylic acids is 1. The van der Waals surface area contributed by atoms with E-state index in [1.807, 2.05) is 14.1 Å². The van der Waals surface area contributed by atoms with Gasteiger partial charge in [-0.3, -0.25) is 4.79 Å². The lowest BCUT2D eigenvalue weighted by atomic mass is 9.93. The molecule has 21 heavy (non-hydrogen) atoms. The van der Waals surface area contributed by atoms with Crippen molar-refractivity contribution in [2.45, 2.75) is 38.6 Å². The lowest BCUT2D eigenvalue weighted by Gasteiger charge is -2.37. The summed E-state index contributed by atoms with van der Waals surface area (Å²) in [5.41, 5.74) is 0.475. The van der Waals surface area contributed by atoms with Crippen molar-refractivity contribution in [2.24, 2.45) is 0 Å². The quantitative estimate of drug-likeness (QED) is 0.811. The minimum absolute atomic E-state index is 0.0537. The summed E-state index contributed by atoms with van der Waals surface area (Å²) < 4.78 is 0. The van der Waals surface area contributed by atoms with Crippen molar-refractivity contribution in [3.05, 3.63) is 33.8 Å². The Morgan fingerprint density at radius 2 is 1.95 bits per heavy atom. The Balaban J connectivity index is 2.70. The molecule has 118 valence electrons. The Hall–Kier alpha value is -0.770. The Morgan fingerprint density at radius 3 is 2.48 bits per heavy atom. The lowest BCUT2D eigenvalue weighted by molar-refractivity contribution is 0.0900. The number of benzene rings is 1. The maximum atomic E-state index is 12.2. The van der Waals surface area contributed by atoms with Gasteiger partial charge >= 0.3 is 0 Å². The van der Waals surface area contributed by atoms with Crippen LogP contribution >= 0.6 is 23.2 Å². The topological polar surface area (TPSA) is 32.3 Å². The first-order chi connectivity index (χ1) is 9.80. The van der Waals surface area contributed by atoms with Gasteiger partial charge in [-0.05, 0) is 45.6 Å². The highest BCUT2D eigenvalue weighted by Gasteiger charge is 2.26. The van der Waals surface area contributed by atoms with Gasteiger partial charge in [0.25, 0.3) is 5.91 Å². The number of halogens is 2. The van der Waals surface area contributed by atoms with Crippen LogP contribution in [-0.2, 0) is 0 Å². The van der Waals surface area contributed by atoms with E-state index in [-0.39, 0.29) is 11.4 Å². The number of nitrogens with zero attached hydrogens (tertiary/aromatic N) is 1. The Morgan fingerprint density at radius 1 is 1.29 bits per heavy atom. The van der Waals surface area contributed by atoms with Gasteiger partial charge in [-0.15, -0.1) is 0 Å². The van der Waals surface area contributed by atoms with Crippen LogP contribution in [0.15, 0.2) is 18.2 Å². The first-order valence-corrected chi connectivity index (χ1v) is 7.96. The zero-order chi connectivity index (χ0) is 16.0. The Kier molecular flexibility index (Phi) is 6.98. The number of nitrogens with one attached hydrogen (secondary N) is 1. The molecule has 1 amide bonds. The molecule has 0 fully saturated rings. The van der Waals surface area contributed by atoms with Crippen molar-refractivity contribution >= 4 is 29.1 Å². The van der Waals surface area contributed by atoms with Crippen LogP contribution in [0.25, 0.3) is 0 Å². The SMILES string of the molecule is CCCCC(C)(CNC(=O)c1ccc(Cl)c(Cl)c1)N(C)C. The summed E-state index contributed by atoms with van der Waals surface area (Å²) in [4.78, 5) is 14.4. The third-order valence-electron chi connectivity index (χ3n) is 3.96. The normalized spacial score (nSPS) is 14.0. The summed E-state index contributed by atoms with van der Waals surface area (Å²) in [6, 6.07) is 4.92. The van der Waals surface area contributed by atoms with E-state index < -0.39 is 0 Å². The predicted octanol–water partition coefficient (Wildman–Crippen LogP) is 4.23.